The maximum Gasteiger partial charge on any atom is 0.320 e. The Labute approximate surface area is 98.8 Å². The van der Waals surface area contributed by atoms with Gasteiger partial charge in [0, 0.05) is 12.2 Å². The molecule has 0 aliphatic carbocycles. The van der Waals surface area contributed by atoms with E-state index >= 15 is 0 Å². The Morgan fingerprint density at radius 1 is 1.29 bits per heavy atom. The molecule has 1 aliphatic heterocycles. The minimum absolute atomic E-state index is 0.329. The van der Waals surface area contributed by atoms with E-state index < -0.39 is 12.0 Å². The number of imide groups is 1. The summed E-state index contributed by atoms with van der Waals surface area (Å²) in [5, 5.41) is 10.4. The van der Waals surface area contributed by atoms with Crippen molar-refractivity contribution in [2.75, 3.05) is 6.54 Å². The van der Waals surface area contributed by atoms with Crippen LogP contribution in [0.5, 0.6) is 0 Å². The van der Waals surface area contributed by atoms with Crippen molar-refractivity contribution in [3.05, 3.63) is 12.2 Å². The lowest BCUT2D eigenvalue weighted by molar-refractivity contribution is -0.138. The summed E-state index contributed by atoms with van der Waals surface area (Å²) >= 11 is 0. The molecule has 0 spiro atoms. The predicted octanol–water partition coefficient (Wildman–Crippen LogP) is -1.27. The van der Waals surface area contributed by atoms with E-state index in [-0.39, 0.29) is 11.8 Å². The molecule has 7 nitrogen and oxygen atoms in total. The van der Waals surface area contributed by atoms with E-state index in [1.165, 1.54) is 12.2 Å². The van der Waals surface area contributed by atoms with Crippen molar-refractivity contribution in [3.8, 4) is 0 Å². The van der Waals surface area contributed by atoms with Gasteiger partial charge in [0.1, 0.15) is 6.04 Å². The Kier molecular flexibility index (Phi) is 7.57. The van der Waals surface area contributed by atoms with Gasteiger partial charge >= 0.3 is 5.97 Å². The monoisotopic (exact) mass is 243 g/mol. The number of carboxylic acid groups (broad SMARTS) is 1. The second kappa shape index (κ2) is 8.43. The lowest BCUT2D eigenvalue weighted by Gasteiger charge is -2.03. The minimum atomic E-state index is -0.933. The number of rotatable bonds is 5. The van der Waals surface area contributed by atoms with Gasteiger partial charge in [0.25, 0.3) is 11.8 Å². The third-order valence-corrected chi connectivity index (χ3v) is 1.92. The first kappa shape index (κ1) is 15.3. The molecule has 0 aromatic rings. The zero-order chi connectivity index (χ0) is 13.3. The molecule has 7 heteroatoms. The Balaban J connectivity index is 0.000000318. The van der Waals surface area contributed by atoms with Gasteiger partial charge in [-0.15, -0.1) is 0 Å². The van der Waals surface area contributed by atoms with Crippen molar-refractivity contribution in [2.45, 2.75) is 25.3 Å². The van der Waals surface area contributed by atoms with Crippen LogP contribution in [-0.4, -0.2) is 35.5 Å². The van der Waals surface area contributed by atoms with Crippen LogP contribution in [0.15, 0.2) is 12.2 Å². The summed E-state index contributed by atoms with van der Waals surface area (Å²) in [6.45, 7) is 0.604. The van der Waals surface area contributed by atoms with Crippen LogP contribution in [0, 0.1) is 0 Å². The number of unbranched alkanes of at least 4 members (excludes halogenated alkanes) is 1. The van der Waals surface area contributed by atoms with Crippen LogP contribution in [0.3, 0.4) is 0 Å². The van der Waals surface area contributed by atoms with Gasteiger partial charge in [0.05, 0.1) is 0 Å². The fraction of sp³-hybridized carbons (Fsp3) is 0.500. The number of carbonyl (C=O) groups is 3. The Morgan fingerprint density at radius 2 is 1.82 bits per heavy atom. The summed E-state index contributed by atoms with van der Waals surface area (Å²) in [5.41, 5.74) is 10.4. The van der Waals surface area contributed by atoms with Crippen molar-refractivity contribution in [2.24, 2.45) is 11.5 Å². The quantitative estimate of drug-likeness (QED) is 0.351. The molecule has 0 saturated heterocycles. The van der Waals surface area contributed by atoms with E-state index in [1.807, 2.05) is 5.32 Å². The first-order valence-electron chi connectivity index (χ1n) is 5.19. The number of hydrogen-bond acceptors (Lipinski definition) is 5. The third-order valence-electron chi connectivity index (χ3n) is 1.92. The van der Waals surface area contributed by atoms with Crippen LogP contribution >= 0.6 is 0 Å². The second-order valence-electron chi connectivity index (χ2n) is 3.42. The van der Waals surface area contributed by atoms with Gasteiger partial charge in [-0.2, -0.15) is 0 Å². The summed E-state index contributed by atoms with van der Waals surface area (Å²) in [6.07, 6.45) is 4.56. The summed E-state index contributed by atoms with van der Waals surface area (Å²) in [7, 11) is 0. The van der Waals surface area contributed by atoms with E-state index in [4.69, 9.17) is 16.6 Å². The Bertz CT molecular complexity index is 299. The molecule has 1 heterocycles. The van der Waals surface area contributed by atoms with Gasteiger partial charge in [0.2, 0.25) is 0 Å². The molecule has 0 bridgehead atoms. The predicted molar refractivity (Wildman–Crippen MR) is 60.8 cm³/mol. The minimum Gasteiger partial charge on any atom is -0.480 e. The topological polar surface area (TPSA) is 136 Å². The van der Waals surface area contributed by atoms with Crippen LogP contribution in [-0.2, 0) is 14.4 Å². The number of nitrogens with two attached hydrogens (primary N) is 2. The maximum atomic E-state index is 10.1. The van der Waals surface area contributed by atoms with Crippen LogP contribution in [0.4, 0.5) is 0 Å². The standard InChI is InChI=1S/C6H14N2O2.C4H3NO2/c7-4-2-1-3-5(8)6(9)10;6-3-1-2-4(7)5-3/h5H,1-4,7-8H2,(H,9,10);1-2H,(H,5,6,7)/t5-;/m0./s1. The van der Waals surface area contributed by atoms with E-state index in [1.54, 1.807) is 0 Å². The highest BCUT2D eigenvalue weighted by atomic mass is 16.4. The Hall–Kier alpha value is -1.73. The number of carbonyl (C=O) groups excluding carboxylic acids is 2. The van der Waals surface area contributed by atoms with Gasteiger partial charge in [-0.1, -0.05) is 6.42 Å². The fourth-order valence-corrected chi connectivity index (χ4v) is 0.988. The number of nitrogens with one attached hydrogen (secondary N) is 1. The van der Waals surface area contributed by atoms with Crippen molar-refractivity contribution in [1.29, 1.82) is 0 Å². The summed E-state index contributed by atoms with van der Waals surface area (Å²) in [6, 6.07) is -0.716. The molecule has 1 rings (SSSR count). The molecule has 1 aliphatic rings. The van der Waals surface area contributed by atoms with Crippen LogP contribution in [0.1, 0.15) is 19.3 Å². The highest BCUT2D eigenvalue weighted by Crippen LogP contribution is 1.96. The fourth-order valence-electron chi connectivity index (χ4n) is 0.988. The van der Waals surface area contributed by atoms with Gasteiger partial charge in [-0.25, -0.2) is 0 Å². The smallest absolute Gasteiger partial charge is 0.320 e. The molecule has 17 heavy (non-hydrogen) atoms. The van der Waals surface area contributed by atoms with E-state index in [9.17, 15) is 14.4 Å². The van der Waals surface area contributed by atoms with Gasteiger partial charge < -0.3 is 16.6 Å². The van der Waals surface area contributed by atoms with Crippen LogP contribution in [0.25, 0.3) is 0 Å². The number of hydrogen-bond donors (Lipinski definition) is 4. The van der Waals surface area contributed by atoms with Crippen molar-refractivity contribution >= 4 is 17.8 Å². The molecule has 0 unspecified atom stereocenters. The number of amides is 2. The van der Waals surface area contributed by atoms with Gasteiger partial charge in [-0.05, 0) is 19.4 Å². The number of carboxylic acids is 1. The third kappa shape index (κ3) is 8.12. The first-order chi connectivity index (χ1) is 7.97. The normalized spacial score (nSPS) is 14.9. The Morgan fingerprint density at radius 3 is 2.12 bits per heavy atom. The number of aliphatic carboxylic acids is 1. The lowest BCUT2D eigenvalue weighted by Crippen LogP contribution is -2.29. The molecule has 0 aromatic carbocycles. The second-order valence-corrected chi connectivity index (χ2v) is 3.42. The van der Waals surface area contributed by atoms with Crippen molar-refractivity contribution in [1.82, 2.24) is 5.32 Å². The summed E-state index contributed by atoms with van der Waals surface area (Å²) in [4.78, 5) is 30.2. The molecule has 0 saturated carbocycles. The summed E-state index contributed by atoms with van der Waals surface area (Å²) in [5.74, 6) is -1.59. The average molecular weight is 243 g/mol. The molecule has 0 radical (unpaired) electrons. The van der Waals surface area contributed by atoms with E-state index in [2.05, 4.69) is 0 Å². The molecular weight excluding hydrogens is 226 g/mol. The maximum absolute atomic E-state index is 10.1. The molecule has 96 valence electrons. The van der Waals surface area contributed by atoms with Crippen LogP contribution in [0.2, 0.25) is 0 Å². The zero-order valence-electron chi connectivity index (χ0n) is 9.39. The van der Waals surface area contributed by atoms with Crippen LogP contribution < -0.4 is 16.8 Å². The van der Waals surface area contributed by atoms with Crippen molar-refractivity contribution < 1.29 is 19.5 Å². The molecule has 0 fully saturated rings. The molecule has 6 N–H and O–H groups in total. The van der Waals surface area contributed by atoms with E-state index in [0.717, 1.165) is 12.8 Å². The van der Waals surface area contributed by atoms with Crippen molar-refractivity contribution in [3.63, 3.8) is 0 Å². The van der Waals surface area contributed by atoms with Gasteiger partial charge in [0.15, 0.2) is 0 Å². The molecule has 1 atom stereocenters. The summed E-state index contributed by atoms with van der Waals surface area (Å²) < 4.78 is 0. The van der Waals surface area contributed by atoms with Gasteiger partial charge in [-0.3, -0.25) is 19.7 Å². The first-order valence-corrected chi connectivity index (χ1v) is 5.19. The molecular formula is C10H17N3O4. The molecule has 2 amide bonds. The SMILES string of the molecule is NCCCC[C@H](N)C(=O)O.O=C1C=CC(=O)N1. The molecule has 0 aromatic heterocycles. The highest BCUT2D eigenvalue weighted by Gasteiger charge is 2.09. The zero-order valence-corrected chi connectivity index (χ0v) is 9.39. The highest BCUT2D eigenvalue weighted by molar-refractivity contribution is 6.12. The largest absolute Gasteiger partial charge is 0.480 e. The average Bonchev–Trinajstić information content (AvgIpc) is 2.63. The lowest BCUT2D eigenvalue weighted by atomic mass is 10.1. The van der Waals surface area contributed by atoms with E-state index in [0.29, 0.717) is 13.0 Å².